The van der Waals surface area contributed by atoms with E-state index in [0.29, 0.717) is 13.0 Å². The summed E-state index contributed by atoms with van der Waals surface area (Å²) in [5, 5.41) is 2.01. The van der Waals surface area contributed by atoms with Crippen molar-refractivity contribution in [2.75, 3.05) is 6.61 Å². The zero-order valence-electron chi connectivity index (χ0n) is 9.99. The highest BCUT2D eigenvalue weighted by Gasteiger charge is 2.15. The summed E-state index contributed by atoms with van der Waals surface area (Å²) in [5.41, 5.74) is 2.46. The Hall–Kier alpha value is -0.430. The molecular weight excluding hydrogens is 318 g/mol. The number of carbonyl (C=O) groups is 1. The van der Waals surface area contributed by atoms with Gasteiger partial charge in [-0.15, -0.1) is 11.3 Å². The highest BCUT2D eigenvalue weighted by atomic mass is 79.9. The van der Waals surface area contributed by atoms with Gasteiger partial charge in [0.2, 0.25) is 5.91 Å². The number of aryl methyl sites for hydroxylation is 1. The third-order valence-electron chi connectivity index (χ3n) is 2.66. The van der Waals surface area contributed by atoms with Gasteiger partial charge in [0, 0.05) is 34.2 Å². The van der Waals surface area contributed by atoms with E-state index in [4.69, 9.17) is 9.57 Å². The molecule has 0 aromatic carbocycles. The molecule has 2 rings (SSSR count). The molecule has 1 aromatic rings. The summed E-state index contributed by atoms with van der Waals surface area (Å²) in [6.07, 6.45) is 3.89. The molecule has 18 heavy (non-hydrogen) atoms. The topological polar surface area (TPSA) is 47.6 Å². The van der Waals surface area contributed by atoms with Crippen molar-refractivity contribution >= 4 is 33.2 Å². The van der Waals surface area contributed by atoms with Crippen LogP contribution >= 0.6 is 27.3 Å². The number of nitrogens with one attached hydrogen (secondary N) is 1. The quantitative estimate of drug-likeness (QED) is 0.842. The van der Waals surface area contributed by atoms with Crippen LogP contribution in [0.4, 0.5) is 0 Å². The summed E-state index contributed by atoms with van der Waals surface area (Å²) in [6, 6.07) is 2.03. The first-order valence-corrected chi connectivity index (χ1v) is 7.70. The molecule has 6 heteroatoms. The summed E-state index contributed by atoms with van der Waals surface area (Å²) in [6.45, 7) is 0.712. The first-order chi connectivity index (χ1) is 8.74. The van der Waals surface area contributed by atoms with E-state index in [1.165, 1.54) is 4.88 Å². The van der Waals surface area contributed by atoms with E-state index >= 15 is 0 Å². The van der Waals surface area contributed by atoms with Crippen molar-refractivity contribution in [3.8, 4) is 0 Å². The SMILES string of the molecule is O=C(CCc1cc(Br)cs1)NOC1CCCCO1. The second-order valence-corrected chi connectivity index (χ2v) is 6.08. The van der Waals surface area contributed by atoms with Crippen molar-refractivity contribution in [1.82, 2.24) is 5.48 Å². The summed E-state index contributed by atoms with van der Waals surface area (Å²) in [4.78, 5) is 18.0. The van der Waals surface area contributed by atoms with Crippen molar-refractivity contribution in [3.05, 3.63) is 20.8 Å². The minimum Gasteiger partial charge on any atom is -0.350 e. The van der Waals surface area contributed by atoms with Crippen molar-refractivity contribution in [2.24, 2.45) is 0 Å². The fourth-order valence-corrected chi connectivity index (χ4v) is 3.16. The van der Waals surface area contributed by atoms with E-state index < -0.39 is 0 Å². The lowest BCUT2D eigenvalue weighted by atomic mass is 10.2. The number of rotatable bonds is 5. The van der Waals surface area contributed by atoms with Gasteiger partial charge in [-0.25, -0.2) is 10.3 Å². The van der Waals surface area contributed by atoms with Gasteiger partial charge in [-0.3, -0.25) is 4.79 Å². The summed E-state index contributed by atoms with van der Waals surface area (Å²) < 4.78 is 6.42. The molecule has 0 radical (unpaired) electrons. The molecule has 100 valence electrons. The van der Waals surface area contributed by atoms with Gasteiger partial charge in [-0.2, -0.15) is 0 Å². The Morgan fingerprint density at radius 2 is 2.50 bits per heavy atom. The van der Waals surface area contributed by atoms with Gasteiger partial charge in [0.15, 0.2) is 6.29 Å². The molecule has 2 heterocycles. The summed E-state index contributed by atoms with van der Waals surface area (Å²) >= 11 is 5.04. The van der Waals surface area contributed by atoms with E-state index in [1.54, 1.807) is 11.3 Å². The van der Waals surface area contributed by atoms with Crippen molar-refractivity contribution in [2.45, 2.75) is 38.4 Å². The molecule has 4 nitrogen and oxygen atoms in total. The van der Waals surface area contributed by atoms with Crippen molar-refractivity contribution in [1.29, 1.82) is 0 Å². The Balaban J connectivity index is 1.62. The standard InChI is InChI=1S/C12H16BrNO3S/c13-9-7-10(18-8-9)4-5-11(15)14-17-12-3-1-2-6-16-12/h7-8,12H,1-6H2,(H,14,15). The molecule has 0 spiro atoms. The number of carbonyl (C=O) groups excluding carboxylic acids is 1. The second-order valence-electron chi connectivity index (χ2n) is 4.17. The van der Waals surface area contributed by atoms with E-state index in [1.807, 2.05) is 11.4 Å². The Morgan fingerprint density at radius 3 is 3.17 bits per heavy atom. The van der Waals surface area contributed by atoms with Crippen molar-refractivity contribution < 1.29 is 14.4 Å². The normalized spacial score (nSPS) is 19.7. The third-order valence-corrected chi connectivity index (χ3v) is 4.42. The average Bonchev–Trinajstić information content (AvgIpc) is 2.81. The van der Waals surface area contributed by atoms with E-state index in [0.717, 1.165) is 30.2 Å². The molecule has 1 aliphatic heterocycles. The monoisotopic (exact) mass is 333 g/mol. The molecule has 1 saturated heterocycles. The lowest BCUT2D eigenvalue weighted by Crippen LogP contribution is -2.33. The molecule has 0 bridgehead atoms. The Labute approximate surface area is 119 Å². The molecule has 0 aliphatic carbocycles. The van der Waals surface area contributed by atoms with Crippen LogP contribution < -0.4 is 5.48 Å². The molecule has 1 N–H and O–H groups in total. The number of amides is 1. The van der Waals surface area contributed by atoms with Crippen LogP contribution in [0.15, 0.2) is 15.9 Å². The van der Waals surface area contributed by atoms with Crippen LogP contribution in [-0.4, -0.2) is 18.8 Å². The average molecular weight is 334 g/mol. The maximum Gasteiger partial charge on any atom is 0.243 e. The van der Waals surface area contributed by atoms with Gasteiger partial charge in [-0.1, -0.05) is 0 Å². The van der Waals surface area contributed by atoms with Crippen molar-refractivity contribution in [3.63, 3.8) is 0 Å². The van der Waals surface area contributed by atoms with Gasteiger partial charge < -0.3 is 4.74 Å². The number of hydrogen-bond acceptors (Lipinski definition) is 4. The Morgan fingerprint density at radius 1 is 1.61 bits per heavy atom. The smallest absolute Gasteiger partial charge is 0.243 e. The molecule has 1 aliphatic rings. The number of hydroxylamine groups is 1. The van der Waals surface area contributed by atoms with Crippen LogP contribution in [0.2, 0.25) is 0 Å². The fourth-order valence-electron chi connectivity index (χ4n) is 1.71. The van der Waals surface area contributed by atoms with Crippen LogP contribution in [0, 0.1) is 0 Å². The minimum absolute atomic E-state index is 0.103. The van der Waals surface area contributed by atoms with Crippen LogP contribution in [-0.2, 0) is 20.8 Å². The van der Waals surface area contributed by atoms with Gasteiger partial charge >= 0.3 is 0 Å². The van der Waals surface area contributed by atoms with E-state index in [2.05, 4.69) is 21.4 Å². The van der Waals surface area contributed by atoms with E-state index in [-0.39, 0.29) is 12.2 Å². The first-order valence-electron chi connectivity index (χ1n) is 6.03. The summed E-state index contributed by atoms with van der Waals surface area (Å²) in [7, 11) is 0. The Bertz CT molecular complexity index is 390. The lowest BCUT2D eigenvalue weighted by Gasteiger charge is -2.22. The van der Waals surface area contributed by atoms with E-state index in [9.17, 15) is 4.79 Å². The molecule has 0 saturated carbocycles. The van der Waals surface area contributed by atoms with Crippen LogP contribution in [0.5, 0.6) is 0 Å². The largest absolute Gasteiger partial charge is 0.350 e. The maximum atomic E-state index is 11.6. The molecule has 1 unspecified atom stereocenters. The number of ether oxygens (including phenoxy) is 1. The zero-order chi connectivity index (χ0) is 12.8. The van der Waals surface area contributed by atoms with Crippen LogP contribution in [0.1, 0.15) is 30.6 Å². The molecule has 1 aromatic heterocycles. The highest BCUT2D eigenvalue weighted by molar-refractivity contribution is 9.10. The Kier molecular flexibility index (Phi) is 5.62. The zero-order valence-corrected chi connectivity index (χ0v) is 12.4. The predicted molar refractivity (Wildman–Crippen MR) is 73.2 cm³/mol. The number of hydrogen-bond donors (Lipinski definition) is 1. The summed E-state index contributed by atoms with van der Waals surface area (Å²) in [5.74, 6) is -0.103. The maximum absolute atomic E-state index is 11.6. The van der Waals surface area contributed by atoms with Gasteiger partial charge in [0.05, 0.1) is 0 Å². The van der Waals surface area contributed by atoms with Gasteiger partial charge in [0.1, 0.15) is 0 Å². The van der Waals surface area contributed by atoms with Crippen LogP contribution in [0.3, 0.4) is 0 Å². The molecule has 1 atom stereocenters. The van der Waals surface area contributed by atoms with Gasteiger partial charge in [-0.05, 0) is 41.3 Å². The molecule has 1 fully saturated rings. The number of thiophene rings is 1. The second kappa shape index (κ2) is 7.23. The molecule has 1 amide bonds. The predicted octanol–water partition coefficient (Wildman–Crippen LogP) is 3.02. The van der Waals surface area contributed by atoms with Crippen LogP contribution in [0.25, 0.3) is 0 Å². The number of halogens is 1. The highest BCUT2D eigenvalue weighted by Crippen LogP contribution is 2.20. The lowest BCUT2D eigenvalue weighted by molar-refractivity contribution is -0.200. The third kappa shape index (κ3) is 4.68. The van der Waals surface area contributed by atoms with Gasteiger partial charge in [0.25, 0.3) is 0 Å². The molecular formula is C12H16BrNO3S. The first kappa shape index (κ1) is 14.0. The minimum atomic E-state index is -0.279. The fraction of sp³-hybridized carbons (Fsp3) is 0.583.